The molecule has 0 spiro atoms. The molecule has 1 unspecified atom stereocenters. The summed E-state index contributed by atoms with van der Waals surface area (Å²) in [4.78, 5) is 11.5. The van der Waals surface area contributed by atoms with E-state index in [2.05, 4.69) is 31.3 Å². The molecule has 1 aromatic heterocycles. The van der Waals surface area contributed by atoms with Gasteiger partial charge in [-0.3, -0.25) is 4.79 Å². The number of hydrogen-bond acceptors (Lipinski definition) is 5. The summed E-state index contributed by atoms with van der Waals surface area (Å²) in [6.45, 7) is 1.35. The SMILES string of the molecule is O=C(CC1CCCN1)NCc1nn[nH]n1. The van der Waals surface area contributed by atoms with Crippen molar-refractivity contribution in [3.8, 4) is 0 Å². The highest BCUT2D eigenvalue weighted by atomic mass is 16.1. The number of rotatable bonds is 4. The standard InChI is InChI=1S/C8H14N6O/c15-8(4-6-2-1-3-9-6)10-5-7-11-13-14-12-7/h6,9H,1-5H2,(H,10,15)(H,11,12,13,14). The van der Waals surface area contributed by atoms with E-state index in [1.54, 1.807) is 0 Å². The first kappa shape index (κ1) is 10.0. The van der Waals surface area contributed by atoms with Crippen molar-refractivity contribution in [1.82, 2.24) is 31.3 Å². The number of aromatic nitrogens is 4. The fraction of sp³-hybridized carbons (Fsp3) is 0.750. The molecule has 0 aromatic carbocycles. The molecule has 0 aliphatic carbocycles. The normalized spacial score (nSPS) is 20.4. The molecule has 1 aromatic rings. The summed E-state index contributed by atoms with van der Waals surface area (Å²) in [7, 11) is 0. The zero-order valence-corrected chi connectivity index (χ0v) is 8.36. The highest BCUT2D eigenvalue weighted by Crippen LogP contribution is 2.08. The van der Waals surface area contributed by atoms with E-state index in [0.717, 1.165) is 19.4 Å². The highest BCUT2D eigenvalue weighted by molar-refractivity contribution is 5.76. The molecule has 0 bridgehead atoms. The van der Waals surface area contributed by atoms with Crippen LogP contribution in [0.4, 0.5) is 0 Å². The van der Waals surface area contributed by atoms with Crippen LogP contribution in [0.1, 0.15) is 25.1 Å². The lowest BCUT2D eigenvalue weighted by atomic mass is 10.1. The van der Waals surface area contributed by atoms with E-state index in [0.29, 0.717) is 24.8 Å². The first-order valence-corrected chi connectivity index (χ1v) is 5.07. The Morgan fingerprint density at radius 3 is 3.20 bits per heavy atom. The first-order chi connectivity index (χ1) is 7.34. The number of carbonyl (C=O) groups is 1. The van der Waals surface area contributed by atoms with Gasteiger partial charge in [0.15, 0.2) is 5.82 Å². The van der Waals surface area contributed by atoms with Crippen molar-refractivity contribution < 1.29 is 4.79 Å². The Morgan fingerprint density at radius 2 is 2.53 bits per heavy atom. The van der Waals surface area contributed by atoms with Crippen LogP contribution in [0.25, 0.3) is 0 Å². The van der Waals surface area contributed by atoms with E-state index >= 15 is 0 Å². The van der Waals surface area contributed by atoms with Crippen LogP contribution in [0.2, 0.25) is 0 Å². The van der Waals surface area contributed by atoms with Crippen LogP contribution in [0, 0.1) is 0 Å². The van der Waals surface area contributed by atoms with Gasteiger partial charge in [0.1, 0.15) is 0 Å². The number of hydrogen-bond donors (Lipinski definition) is 3. The lowest BCUT2D eigenvalue weighted by Gasteiger charge is -2.08. The second-order valence-electron chi connectivity index (χ2n) is 3.60. The van der Waals surface area contributed by atoms with Crippen molar-refractivity contribution in [2.24, 2.45) is 0 Å². The molecule has 7 heteroatoms. The minimum absolute atomic E-state index is 0.0270. The second-order valence-corrected chi connectivity index (χ2v) is 3.60. The minimum Gasteiger partial charge on any atom is -0.349 e. The van der Waals surface area contributed by atoms with Gasteiger partial charge in [0.05, 0.1) is 6.54 Å². The molecule has 2 rings (SSSR count). The van der Waals surface area contributed by atoms with Crippen LogP contribution in [-0.4, -0.2) is 39.1 Å². The maximum atomic E-state index is 11.5. The Balaban J connectivity index is 1.68. The monoisotopic (exact) mass is 210 g/mol. The van der Waals surface area contributed by atoms with E-state index < -0.39 is 0 Å². The Kier molecular flexibility index (Phi) is 3.23. The third-order valence-corrected chi connectivity index (χ3v) is 2.43. The molecule has 1 amide bonds. The third-order valence-electron chi connectivity index (χ3n) is 2.43. The number of nitrogens with one attached hydrogen (secondary N) is 3. The number of carbonyl (C=O) groups excluding carboxylic acids is 1. The van der Waals surface area contributed by atoms with Crippen LogP contribution in [0.3, 0.4) is 0 Å². The van der Waals surface area contributed by atoms with Crippen molar-refractivity contribution >= 4 is 5.91 Å². The topological polar surface area (TPSA) is 95.6 Å². The van der Waals surface area contributed by atoms with E-state index in [4.69, 9.17) is 0 Å². The Morgan fingerprint density at radius 1 is 1.60 bits per heavy atom. The lowest BCUT2D eigenvalue weighted by Crippen LogP contribution is -2.31. The van der Waals surface area contributed by atoms with E-state index in [9.17, 15) is 4.79 Å². The van der Waals surface area contributed by atoms with Gasteiger partial charge in [0.25, 0.3) is 0 Å². The summed E-state index contributed by atoms with van der Waals surface area (Å²) in [5.41, 5.74) is 0. The molecule has 1 aliphatic rings. The smallest absolute Gasteiger partial charge is 0.221 e. The lowest BCUT2D eigenvalue weighted by molar-refractivity contribution is -0.121. The van der Waals surface area contributed by atoms with Gasteiger partial charge in [-0.1, -0.05) is 5.21 Å². The van der Waals surface area contributed by atoms with Gasteiger partial charge in [-0.15, -0.1) is 10.2 Å². The fourth-order valence-electron chi connectivity index (χ4n) is 1.66. The van der Waals surface area contributed by atoms with Gasteiger partial charge in [-0.25, -0.2) is 0 Å². The number of amides is 1. The molecule has 1 aliphatic heterocycles. The number of tetrazole rings is 1. The molecule has 0 saturated carbocycles. The maximum Gasteiger partial charge on any atom is 0.221 e. The van der Waals surface area contributed by atoms with Crippen LogP contribution < -0.4 is 10.6 Å². The van der Waals surface area contributed by atoms with Gasteiger partial charge in [0.2, 0.25) is 5.91 Å². The average molecular weight is 210 g/mol. The highest BCUT2D eigenvalue weighted by Gasteiger charge is 2.17. The van der Waals surface area contributed by atoms with Crippen LogP contribution in [-0.2, 0) is 11.3 Å². The van der Waals surface area contributed by atoms with Crippen molar-refractivity contribution in [1.29, 1.82) is 0 Å². The predicted molar refractivity (Wildman–Crippen MR) is 51.7 cm³/mol. The molecule has 1 fully saturated rings. The summed E-state index contributed by atoms with van der Waals surface area (Å²) in [6, 6.07) is 0.329. The van der Waals surface area contributed by atoms with Gasteiger partial charge in [-0.2, -0.15) is 5.21 Å². The van der Waals surface area contributed by atoms with Crippen molar-refractivity contribution in [3.05, 3.63) is 5.82 Å². The van der Waals surface area contributed by atoms with Crippen molar-refractivity contribution in [2.75, 3.05) is 6.54 Å². The summed E-state index contributed by atoms with van der Waals surface area (Å²) in [5.74, 6) is 0.530. The van der Waals surface area contributed by atoms with E-state index in [1.165, 1.54) is 0 Å². The molecule has 1 saturated heterocycles. The van der Waals surface area contributed by atoms with Crippen LogP contribution in [0.15, 0.2) is 0 Å². The van der Waals surface area contributed by atoms with Crippen molar-refractivity contribution in [2.45, 2.75) is 31.8 Å². The van der Waals surface area contributed by atoms with Gasteiger partial charge in [0, 0.05) is 12.5 Å². The van der Waals surface area contributed by atoms with Gasteiger partial charge >= 0.3 is 0 Å². The number of aromatic amines is 1. The zero-order chi connectivity index (χ0) is 10.5. The Hall–Kier alpha value is -1.50. The van der Waals surface area contributed by atoms with Gasteiger partial charge in [-0.05, 0) is 19.4 Å². The number of nitrogens with zero attached hydrogens (tertiary/aromatic N) is 3. The summed E-state index contributed by atoms with van der Waals surface area (Å²) in [5, 5.41) is 19.2. The van der Waals surface area contributed by atoms with E-state index in [-0.39, 0.29) is 5.91 Å². The van der Waals surface area contributed by atoms with Crippen LogP contribution >= 0.6 is 0 Å². The number of H-pyrrole nitrogens is 1. The molecule has 0 radical (unpaired) electrons. The van der Waals surface area contributed by atoms with E-state index in [1.807, 2.05) is 0 Å². The Labute approximate surface area is 87.0 Å². The molecule has 15 heavy (non-hydrogen) atoms. The molecular weight excluding hydrogens is 196 g/mol. The molecule has 3 N–H and O–H groups in total. The third kappa shape index (κ3) is 2.98. The largest absolute Gasteiger partial charge is 0.349 e. The quantitative estimate of drug-likeness (QED) is 0.590. The van der Waals surface area contributed by atoms with Crippen LogP contribution in [0.5, 0.6) is 0 Å². The summed E-state index contributed by atoms with van der Waals surface area (Å²) in [6.07, 6.45) is 2.76. The van der Waals surface area contributed by atoms with Crippen molar-refractivity contribution in [3.63, 3.8) is 0 Å². The Bertz CT molecular complexity index is 305. The maximum absolute atomic E-state index is 11.5. The molecule has 2 heterocycles. The first-order valence-electron chi connectivity index (χ1n) is 5.07. The summed E-state index contributed by atoms with van der Waals surface area (Å²) < 4.78 is 0. The fourth-order valence-corrected chi connectivity index (χ4v) is 1.66. The zero-order valence-electron chi connectivity index (χ0n) is 8.36. The molecule has 82 valence electrons. The molecular formula is C8H14N6O. The average Bonchev–Trinajstić information content (AvgIpc) is 2.86. The second kappa shape index (κ2) is 4.83. The minimum atomic E-state index is 0.0270. The molecule has 7 nitrogen and oxygen atoms in total. The predicted octanol–water partition coefficient (Wildman–Crippen LogP) is -1.04. The van der Waals surface area contributed by atoms with Gasteiger partial charge < -0.3 is 10.6 Å². The summed E-state index contributed by atoms with van der Waals surface area (Å²) >= 11 is 0. The molecule has 1 atom stereocenters.